The van der Waals surface area contributed by atoms with E-state index in [2.05, 4.69) is 41.5 Å². The quantitative estimate of drug-likeness (QED) is 0.497. The standard InChI is InChI=1S/C17H16BrN5O3S/c1-9(24)20-11-3-4-14(26-2)12(6-11)21-15(25)8-27-17-22-13-5-10(18)7-19-16(13)23-17/h3-7H,8H2,1-2H3,(H,20,24)(H,21,25)(H,19,22,23). The Bertz CT molecular complexity index is 1010. The van der Waals surface area contributed by atoms with Gasteiger partial charge in [0, 0.05) is 23.3 Å². The summed E-state index contributed by atoms with van der Waals surface area (Å²) >= 11 is 4.62. The number of nitrogens with one attached hydrogen (secondary N) is 3. The van der Waals surface area contributed by atoms with E-state index in [-0.39, 0.29) is 17.6 Å². The number of H-pyrrole nitrogens is 1. The van der Waals surface area contributed by atoms with Crippen molar-refractivity contribution in [3.63, 3.8) is 0 Å². The summed E-state index contributed by atoms with van der Waals surface area (Å²) in [5.74, 6) is 0.223. The second-order valence-electron chi connectivity index (χ2n) is 5.50. The number of rotatable bonds is 6. The first-order chi connectivity index (χ1) is 12.9. The van der Waals surface area contributed by atoms with Crippen LogP contribution in [0.4, 0.5) is 11.4 Å². The lowest BCUT2D eigenvalue weighted by molar-refractivity contribution is -0.114. The highest BCUT2D eigenvalue weighted by atomic mass is 79.9. The normalized spacial score (nSPS) is 10.6. The maximum atomic E-state index is 12.3. The molecular formula is C17H16BrN5O3S. The van der Waals surface area contributed by atoms with Gasteiger partial charge in [-0.25, -0.2) is 9.97 Å². The smallest absolute Gasteiger partial charge is 0.234 e. The molecule has 0 fully saturated rings. The number of aromatic nitrogens is 3. The first kappa shape index (κ1) is 19.2. The number of carbonyl (C=O) groups is 2. The van der Waals surface area contributed by atoms with Gasteiger partial charge in [0.1, 0.15) is 5.75 Å². The summed E-state index contributed by atoms with van der Waals surface area (Å²) in [4.78, 5) is 35.2. The third-order valence-electron chi connectivity index (χ3n) is 3.42. The van der Waals surface area contributed by atoms with E-state index in [9.17, 15) is 9.59 Å². The topological polar surface area (TPSA) is 109 Å². The van der Waals surface area contributed by atoms with Crippen LogP contribution in [0, 0.1) is 0 Å². The second-order valence-corrected chi connectivity index (χ2v) is 7.38. The molecule has 0 atom stereocenters. The average molecular weight is 450 g/mol. The molecule has 140 valence electrons. The molecule has 0 radical (unpaired) electrons. The highest BCUT2D eigenvalue weighted by Crippen LogP contribution is 2.28. The van der Waals surface area contributed by atoms with Crippen molar-refractivity contribution >= 4 is 62.0 Å². The van der Waals surface area contributed by atoms with Crippen LogP contribution < -0.4 is 15.4 Å². The minimum Gasteiger partial charge on any atom is -0.495 e. The summed E-state index contributed by atoms with van der Waals surface area (Å²) in [6.45, 7) is 1.42. The predicted molar refractivity (Wildman–Crippen MR) is 108 cm³/mol. The minimum atomic E-state index is -0.229. The number of methoxy groups -OCH3 is 1. The lowest BCUT2D eigenvalue weighted by Gasteiger charge is -2.12. The molecule has 3 N–H and O–H groups in total. The van der Waals surface area contributed by atoms with Crippen molar-refractivity contribution in [1.29, 1.82) is 0 Å². The largest absolute Gasteiger partial charge is 0.495 e. The van der Waals surface area contributed by atoms with Gasteiger partial charge in [0.15, 0.2) is 10.8 Å². The second kappa shape index (κ2) is 8.40. The summed E-state index contributed by atoms with van der Waals surface area (Å²) in [7, 11) is 1.51. The maximum Gasteiger partial charge on any atom is 0.234 e. The minimum absolute atomic E-state index is 0.147. The van der Waals surface area contributed by atoms with Crippen LogP contribution >= 0.6 is 27.7 Å². The van der Waals surface area contributed by atoms with Gasteiger partial charge < -0.3 is 20.4 Å². The molecule has 10 heteroatoms. The summed E-state index contributed by atoms with van der Waals surface area (Å²) in [5, 5.41) is 6.06. The van der Waals surface area contributed by atoms with E-state index in [1.807, 2.05) is 6.07 Å². The molecule has 27 heavy (non-hydrogen) atoms. The van der Waals surface area contributed by atoms with Crippen LogP contribution in [-0.2, 0) is 9.59 Å². The molecule has 3 rings (SSSR count). The zero-order chi connectivity index (χ0) is 19.4. The van der Waals surface area contributed by atoms with Gasteiger partial charge >= 0.3 is 0 Å². The number of imidazole rings is 1. The lowest BCUT2D eigenvalue weighted by atomic mass is 10.2. The molecule has 1 aromatic carbocycles. The SMILES string of the molecule is COc1ccc(NC(C)=O)cc1NC(=O)CSc1nc2ncc(Br)cc2[nH]1. The first-order valence-electron chi connectivity index (χ1n) is 7.84. The molecule has 2 aromatic heterocycles. The van der Waals surface area contributed by atoms with Crippen LogP contribution in [0.25, 0.3) is 11.2 Å². The molecule has 0 aliphatic rings. The van der Waals surface area contributed by atoms with E-state index >= 15 is 0 Å². The van der Waals surface area contributed by atoms with E-state index in [1.54, 1.807) is 24.4 Å². The van der Waals surface area contributed by atoms with Crippen LogP contribution in [0.15, 0.2) is 40.1 Å². The fourth-order valence-electron chi connectivity index (χ4n) is 2.33. The van der Waals surface area contributed by atoms with Crippen LogP contribution in [0.5, 0.6) is 5.75 Å². The summed E-state index contributed by atoms with van der Waals surface area (Å²) in [5.41, 5.74) is 2.42. The number of hydrogen-bond acceptors (Lipinski definition) is 6. The Labute approximate surface area is 167 Å². The number of nitrogens with zero attached hydrogens (tertiary/aromatic N) is 2. The number of aromatic amines is 1. The van der Waals surface area contributed by atoms with Gasteiger partial charge in [-0.05, 0) is 40.2 Å². The zero-order valence-electron chi connectivity index (χ0n) is 14.5. The molecule has 8 nitrogen and oxygen atoms in total. The van der Waals surface area contributed by atoms with Crippen molar-refractivity contribution in [1.82, 2.24) is 15.0 Å². The highest BCUT2D eigenvalue weighted by Gasteiger charge is 2.12. The maximum absolute atomic E-state index is 12.3. The van der Waals surface area contributed by atoms with Crippen LogP contribution in [0.3, 0.4) is 0 Å². The Morgan fingerprint density at radius 2 is 2.11 bits per heavy atom. The molecule has 2 amide bonds. The van der Waals surface area contributed by atoms with Gasteiger partial charge in [0.25, 0.3) is 0 Å². The Morgan fingerprint density at radius 1 is 1.30 bits per heavy atom. The number of hydrogen-bond donors (Lipinski definition) is 3. The number of amides is 2. The number of thioether (sulfide) groups is 1. The monoisotopic (exact) mass is 449 g/mol. The van der Waals surface area contributed by atoms with Gasteiger partial charge in [-0.3, -0.25) is 9.59 Å². The molecule has 3 aromatic rings. The third-order valence-corrected chi connectivity index (χ3v) is 4.72. The van der Waals surface area contributed by atoms with E-state index in [0.29, 0.717) is 27.9 Å². The molecular weight excluding hydrogens is 434 g/mol. The first-order valence-corrected chi connectivity index (χ1v) is 9.62. The van der Waals surface area contributed by atoms with E-state index in [0.717, 1.165) is 9.99 Å². The van der Waals surface area contributed by atoms with Gasteiger partial charge in [-0.1, -0.05) is 11.8 Å². The molecule has 0 unspecified atom stereocenters. The molecule has 0 spiro atoms. The Kier molecular flexibility index (Phi) is 5.97. The van der Waals surface area contributed by atoms with Gasteiger partial charge in [0.2, 0.25) is 11.8 Å². The van der Waals surface area contributed by atoms with Crippen molar-refractivity contribution < 1.29 is 14.3 Å². The number of fused-ring (bicyclic) bond motifs is 1. The van der Waals surface area contributed by atoms with Gasteiger partial charge in [-0.15, -0.1) is 0 Å². The number of halogens is 1. The van der Waals surface area contributed by atoms with Crippen LogP contribution in [0.2, 0.25) is 0 Å². The summed E-state index contributed by atoms with van der Waals surface area (Å²) in [6.07, 6.45) is 1.67. The number of pyridine rings is 1. The predicted octanol–water partition coefficient (Wildman–Crippen LogP) is 3.42. The Morgan fingerprint density at radius 3 is 2.85 bits per heavy atom. The van der Waals surface area contributed by atoms with Gasteiger partial charge in [0.05, 0.1) is 24.1 Å². The third kappa shape index (κ3) is 4.98. The van der Waals surface area contributed by atoms with E-state index in [1.165, 1.54) is 25.8 Å². The molecule has 0 saturated heterocycles. The number of anilines is 2. The van der Waals surface area contributed by atoms with Crippen molar-refractivity contribution in [3.8, 4) is 5.75 Å². The fourth-order valence-corrected chi connectivity index (χ4v) is 3.33. The lowest BCUT2D eigenvalue weighted by Crippen LogP contribution is -2.15. The number of ether oxygens (including phenoxy) is 1. The van der Waals surface area contributed by atoms with Crippen LogP contribution in [-0.4, -0.2) is 39.6 Å². The average Bonchev–Trinajstić information content (AvgIpc) is 3.02. The molecule has 0 aliphatic carbocycles. The summed E-state index contributed by atoms with van der Waals surface area (Å²) in [6, 6.07) is 6.89. The fraction of sp³-hybridized carbons (Fsp3) is 0.176. The van der Waals surface area contributed by atoms with Crippen molar-refractivity contribution in [2.75, 3.05) is 23.5 Å². The Hall–Kier alpha value is -2.59. The molecule has 2 heterocycles. The molecule has 0 saturated carbocycles. The van der Waals surface area contributed by atoms with E-state index in [4.69, 9.17) is 4.74 Å². The molecule has 0 bridgehead atoms. The zero-order valence-corrected chi connectivity index (χ0v) is 16.9. The van der Waals surface area contributed by atoms with Crippen molar-refractivity contribution in [3.05, 3.63) is 34.9 Å². The highest BCUT2D eigenvalue weighted by molar-refractivity contribution is 9.10. The van der Waals surface area contributed by atoms with Crippen molar-refractivity contribution in [2.45, 2.75) is 12.1 Å². The molecule has 0 aliphatic heterocycles. The summed E-state index contributed by atoms with van der Waals surface area (Å²) < 4.78 is 6.10. The number of benzene rings is 1. The van der Waals surface area contributed by atoms with Crippen molar-refractivity contribution in [2.24, 2.45) is 0 Å². The van der Waals surface area contributed by atoms with E-state index < -0.39 is 0 Å². The van der Waals surface area contributed by atoms with Crippen LogP contribution in [0.1, 0.15) is 6.92 Å². The van der Waals surface area contributed by atoms with Gasteiger partial charge in [-0.2, -0.15) is 0 Å². The number of carbonyl (C=O) groups excluding carboxylic acids is 2. The Balaban J connectivity index is 1.66.